The Balaban J connectivity index is 0.00000180. The van der Waals surface area contributed by atoms with Crippen molar-refractivity contribution in [2.75, 3.05) is 19.6 Å². The fraction of sp³-hybridized carbons (Fsp3) is 0.800. The van der Waals surface area contributed by atoms with E-state index in [9.17, 15) is 0 Å². The highest BCUT2D eigenvalue weighted by Crippen LogP contribution is 2.28. The van der Waals surface area contributed by atoms with Gasteiger partial charge in [0.2, 0.25) is 0 Å². The Morgan fingerprint density at radius 3 is 2.79 bits per heavy atom. The molecule has 0 unspecified atom stereocenters. The second kappa shape index (κ2) is 9.61. The number of allylic oxidation sites excluding steroid dienone is 1. The molecule has 0 atom stereocenters. The third kappa shape index (κ3) is 7.18. The third-order valence-electron chi connectivity index (χ3n) is 3.67. The van der Waals surface area contributed by atoms with Gasteiger partial charge in [-0.1, -0.05) is 11.6 Å². The van der Waals surface area contributed by atoms with E-state index in [0.29, 0.717) is 0 Å². The van der Waals surface area contributed by atoms with Crippen molar-refractivity contribution in [3.8, 4) is 0 Å². The van der Waals surface area contributed by atoms with Gasteiger partial charge in [-0.3, -0.25) is 4.99 Å². The van der Waals surface area contributed by atoms with Gasteiger partial charge in [0.15, 0.2) is 5.96 Å². The van der Waals surface area contributed by atoms with Gasteiger partial charge in [-0.2, -0.15) is 0 Å². The fourth-order valence-corrected chi connectivity index (χ4v) is 2.34. The minimum absolute atomic E-state index is 0. The Hall–Kier alpha value is -0.260. The van der Waals surface area contributed by atoms with Crippen molar-refractivity contribution < 1.29 is 0 Å². The van der Waals surface area contributed by atoms with Crippen molar-refractivity contribution in [1.29, 1.82) is 0 Å². The lowest BCUT2D eigenvalue weighted by Gasteiger charge is -2.15. The van der Waals surface area contributed by atoms with Crippen molar-refractivity contribution in [1.82, 2.24) is 10.6 Å². The van der Waals surface area contributed by atoms with Crippen molar-refractivity contribution in [3.63, 3.8) is 0 Å². The normalized spacial score (nSPS) is 19.4. The first-order chi connectivity index (χ1) is 8.88. The molecule has 2 aliphatic carbocycles. The topological polar surface area (TPSA) is 36.4 Å². The van der Waals surface area contributed by atoms with E-state index in [1.807, 2.05) is 0 Å². The quantitative estimate of drug-likeness (QED) is 0.322. The first-order valence-corrected chi connectivity index (χ1v) is 7.58. The molecule has 2 N–H and O–H groups in total. The minimum atomic E-state index is 0. The van der Waals surface area contributed by atoms with Crippen molar-refractivity contribution in [2.45, 2.75) is 51.9 Å². The maximum absolute atomic E-state index is 4.63. The van der Waals surface area contributed by atoms with E-state index in [1.54, 1.807) is 5.57 Å². The summed E-state index contributed by atoms with van der Waals surface area (Å²) in [7, 11) is 0. The van der Waals surface area contributed by atoms with Crippen molar-refractivity contribution in [3.05, 3.63) is 11.6 Å². The average Bonchev–Trinajstić information content (AvgIpc) is 3.21. The summed E-state index contributed by atoms with van der Waals surface area (Å²) in [5.41, 5.74) is 1.63. The van der Waals surface area contributed by atoms with E-state index in [-0.39, 0.29) is 24.0 Å². The van der Waals surface area contributed by atoms with Gasteiger partial charge in [0, 0.05) is 19.6 Å². The molecule has 0 aromatic heterocycles. The summed E-state index contributed by atoms with van der Waals surface area (Å²) in [5.74, 6) is 1.86. The smallest absolute Gasteiger partial charge is 0.191 e. The number of hydrogen-bond donors (Lipinski definition) is 2. The second-order valence-corrected chi connectivity index (χ2v) is 5.45. The Morgan fingerprint density at radius 2 is 2.16 bits per heavy atom. The number of hydrogen-bond acceptors (Lipinski definition) is 1. The van der Waals surface area contributed by atoms with E-state index in [2.05, 4.69) is 28.6 Å². The summed E-state index contributed by atoms with van der Waals surface area (Å²) >= 11 is 0. The second-order valence-electron chi connectivity index (χ2n) is 5.45. The van der Waals surface area contributed by atoms with Gasteiger partial charge in [-0.05, 0) is 57.8 Å². The molecule has 110 valence electrons. The zero-order valence-electron chi connectivity index (χ0n) is 12.1. The van der Waals surface area contributed by atoms with Crippen LogP contribution in [-0.4, -0.2) is 25.6 Å². The van der Waals surface area contributed by atoms with Gasteiger partial charge in [0.25, 0.3) is 0 Å². The zero-order chi connectivity index (χ0) is 12.6. The largest absolute Gasteiger partial charge is 0.357 e. The number of guanidine groups is 1. The molecular formula is C15H28IN3. The van der Waals surface area contributed by atoms with Crippen molar-refractivity contribution >= 4 is 29.9 Å². The lowest BCUT2D eigenvalue weighted by molar-refractivity contribution is 0.665. The molecule has 1 saturated carbocycles. The Morgan fingerprint density at radius 1 is 1.32 bits per heavy atom. The van der Waals surface area contributed by atoms with E-state index < -0.39 is 0 Å². The lowest BCUT2D eigenvalue weighted by Crippen LogP contribution is -2.38. The van der Waals surface area contributed by atoms with Crippen LogP contribution in [0.25, 0.3) is 0 Å². The molecule has 2 rings (SSSR count). The minimum Gasteiger partial charge on any atom is -0.357 e. The van der Waals surface area contributed by atoms with E-state index in [1.165, 1.54) is 44.9 Å². The molecule has 4 heteroatoms. The molecule has 0 spiro atoms. The highest BCUT2D eigenvalue weighted by Gasteiger charge is 2.20. The number of halogens is 1. The van der Waals surface area contributed by atoms with E-state index in [0.717, 1.165) is 31.5 Å². The molecule has 3 nitrogen and oxygen atoms in total. The summed E-state index contributed by atoms with van der Waals surface area (Å²) in [4.78, 5) is 4.63. The predicted octanol–water partition coefficient (Wildman–Crippen LogP) is 3.46. The summed E-state index contributed by atoms with van der Waals surface area (Å²) in [6.45, 7) is 5.08. The summed E-state index contributed by atoms with van der Waals surface area (Å²) < 4.78 is 0. The molecule has 0 heterocycles. The molecule has 0 amide bonds. The van der Waals surface area contributed by atoms with E-state index in [4.69, 9.17) is 0 Å². The van der Waals surface area contributed by atoms with Crippen molar-refractivity contribution in [2.24, 2.45) is 10.9 Å². The molecule has 19 heavy (non-hydrogen) atoms. The molecular weight excluding hydrogens is 349 g/mol. The zero-order valence-corrected chi connectivity index (χ0v) is 14.4. The van der Waals surface area contributed by atoms with Gasteiger partial charge in [-0.25, -0.2) is 0 Å². The standard InChI is InChI=1S/C15H27N3.HI/c1-2-16-15(18-12-14-8-9-14)17-11-10-13-6-4-3-5-7-13;/h6,14H,2-5,7-12H2,1H3,(H2,16,17,18);1H. The van der Waals surface area contributed by atoms with Crippen LogP contribution in [0.1, 0.15) is 51.9 Å². The van der Waals surface area contributed by atoms with Gasteiger partial charge < -0.3 is 10.6 Å². The SMILES string of the molecule is CCNC(=NCC1CC1)NCCC1=CCCCC1.I. The highest BCUT2D eigenvalue weighted by molar-refractivity contribution is 14.0. The molecule has 2 aliphatic rings. The van der Waals surface area contributed by atoms with Crippen LogP contribution in [0, 0.1) is 5.92 Å². The van der Waals surface area contributed by atoms with Crippen LogP contribution in [0.15, 0.2) is 16.6 Å². The van der Waals surface area contributed by atoms with E-state index >= 15 is 0 Å². The number of aliphatic imine (C=N–C) groups is 1. The summed E-state index contributed by atoms with van der Waals surface area (Å²) in [5, 5.41) is 6.77. The van der Waals surface area contributed by atoms with Crippen LogP contribution in [0.4, 0.5) is 0 Å². The van der Waals surface area contributed by atoms with Gasteiger partial charge in [-0.15, -0.1) is 24.0 Å². The Bertz CT molecular complexity index is 309. The molecule has 0 radical (unpaired) electrons. The number of nitrogens with zero attached hydrogens (tertiary/aromatic N) is 1. The molecule has 0 aromatic rings. The van der Waals surface area contributed by atoms with Crippen LogP contribution in [0.5, 0.6) is 0 Å². The summed E-state index contributed by atoms with van der Waals surface area (Å²) in [6, 6.07) is 0. The molecule has 0 aliphatic heterocycles. The molecule has 0 saturated heterocycles. The van der Waals surface area contributed by atoms with Crippen LogP contribution in [0.2, 0.25) is 0 Å². The van der Waals surface area contributed by atoms with Crippen LogP contribution in [0.3, 0.4) is 0 Å². The number of rotatable bonds is 6. The van der Waals surface area contributed by atoms with Gasteiger partial charge >= 0.3 is 0 Å². The molecule has 0 bridgehead atoms. The first kappa shape index (κ1) is 16.8. The fourth-order valence-electron chi connectivity index (χ4n) is 2.34. The van der Waals surface area contributed by atoms with Crippen LogP contribution >= 0.6 is 24.0 Å². The Labute approximate surface area is 134 Å². The highest BCUT2D eigenvalue weighted by atomic mass is 127. The maximum atomic E-state index is 4.63. The van der Waals surface area contributed by atoms with Gasteiger partial charge in [0.1, 0.15) is 0 Å². The maximum Gasteiger partial charge on any atom is 0.191 e. The first-order valence-electron chi connectivity index (χ1n) is 7.58. The lowest BCUT2D eigenvalue weighted by atomic mass is 9.97. The van der Waals surface area contributed by atoms with Crippen LogP contribution < -0.4 is 10.6 Å². The predicted molar refractivity (Wildman–Crippen MR) is 93.3 cm³/mol. The van der Waals surface area contributed by atoms with Gasteiger partial charge in [0.05, 0.1) is 0 Å². The third-order valence-corrected chi connectivity index (χ3v) is 3.67. The monoisotopic (exact) mass is 377 g/mol. The molecule has 1 fully saturated rings. The molecule has 0 aromatic carbocycles. The summed E-state index contributed by atoms with van der Waals surface area (Å²) in [6.07, 6.45) is 11.7. The Kier molecular flexibility index (Phi) is 8.50. The van der Waals surface area contributed by atoms with Crippen LogP contribution in [-0.2, 0) is 0 Å². The number of nitrogens with one attached hydrogen (secondary N) is 2. The average molecular weight is 377 g/mol.